The molecule has 0 atom stereocenters. The highest BCUT2D eigenvalue weighted by molar-refractivity contribution is 7.94. The number of sulfonamides is 1. The fourth-order valence-electron chi connectivity index (χ4n) is 1.86. The number of benzene rings is 1. The van der Waals surface area contributed by atoms with Crippen LogP contribution in [-0.2, 0) is 10.0 Å². The maximum atomic E-state index is 12.3. The summed E-state index contributed by atoms with van der Waals surface area (Å²) in [5.41, 5.74) is 1.08. The molecule has 0 spiro atoms. The lowest BCUT2D eigenvalue weighted by atomic mass is 10.2. The van der Waals surface area contributed by atoms with Gasteiger partial charge >= 0.3 is 5.97 Å². The summed E-state index contributed by atoms with van der Waals surface area (Å²) in [6, 6.07) is 6.19. The van der Waals surface area contributed by atoms with Crippen LogP contribution in [0.2, 0.25) is 0 Å². The molecule has 0 amide bonds. The maximum absolute atomic E-state index is 12.3. The van der Waals surface area contributed by atoms with Crippen LogP contribution in [0.25, 0.3) is 0 Å². The van der Waals surface area contributed by atoms with E-state index in [0.29, 0.717) is 17.0 Å². The Bertz CT molecular complexity index is 824. The van der Waals surface area contributed by atoms with Gasteiger partial charge in [-0.15, -0.1) is 11.3 Å². The van der Waals surface area contributed by atoms with Crippen LogP contribution in [0.1, 0.15) is 29.8 Å². The summed E-state index contributed by atoms with van der Waals surface area (Å²) >= 11 is 0.866. The number of carboxylic acids is 1. The van der Waals surface area contributed by atoms with Crippen molar-refractivity contribution >= 4 is 33.0 Å². The van der Waals surface area contributed by atoms with Crippen LogP contribution in [0.5, 0.6) is 5.75 Å². The molecule has 0 aliphatic heterocycles. The zero-order valence-corrected chi connectivity index (χ0v) is 14.5. The Labute approximate surface area is 138 Å². The molecule has 2 aromatic rings. The van der Waals surface area contributed by atoms with Gasteiger partial charge in [-0.05, 0) is 50.6 Å². The molecule has 0 fully saturated rings. The van der Waals surface area contributed by atoms with Crippen molar-refractivity contribution < 1.29 is 23.1 Å². The van der Waals surface area contributed by atoms with Crippen molar-refractivity contribution in [3.63, 3.8) is 0 Å². The molecule has 1 heterocycles. The van der Waals surface area contributed by atoms with Gasteiger partial charge in [0.05, 0.1) is 17.4 Å². The topological polar surface area (TPSA) is 92.7 Å². The summed E-state index contributed by atoms with van der Waals surface area (Å²) in [6.45, 7) is 5.58. The van der Waals surface area contributed by atoms with E-state index >= 15 is 0 Å². The molecule has 8 heteroatoms. The molecule has 23 heavy (non-hydrogen) atoms. The smallest absolute Gasteiger partial charge is 0.336 e. The van der Waals surface area contributed by atoms with Gasteiger partial charge in [0.25, 0.3) is 10.0 Å². The van der Waals surface area contributed by atoms with Gasteiger partial charge in [0.2, 0.25) is 0 Å². The highest BCUT2D eigenvalue weighted by Gasteiger charge is 2.20. The number of rotatable bonds is 6. The molecule has 0 saturated carbocycles. The Kier molecular flexibility index (Phi) is 4.96. The number of carboxylic acid groups (broad SMARTS) is 1. The molecule has 124 valence electrons. The third-order valence-electron chi connectivity index (χ3n) is 2.90. The number of hydrogen-bond donors (Lipinski definition) is 2. The Hall–Kier alpha value is -2.06. The van der Waals surface area contributed by atoms with Crippen LogP contribution in [-0.4, -0.2) is 25.6 Å². The van der Waals surface area contributed by atoms with Gasteiger partial charge in [-0.3, -0.25) is 4.72 Å². The minimum atomic E-state index is -3.82. The predicted molar refractivity (Wildman–Crippen MR) is 89.0 cm³/mol. The Morgan fingerprint density at radius 3 is 2.52 bits per heavy atom. The summed E-state index contributed by atoms with van der Waals surface area (Å²) in [7, 11) is -3.82. The first-order valence-electron chi connectivity index (χ1n) is 6.81. The number of anilines is 1. The van der Waals surface area contributed by atoms with E-state index in [1.807, 2.05) is 13.8 Å². The van der Waals surface area contributed by atoms with Crippen LogP contribution in [0.4, 0.5) is 5.69 Å². The molecule has 1 aromatic carbocycles. The molecule has 1 aromatic heterocycles. The van der Waals surface area contributed by atoms with Gasteiger partial charge in [-0.25, -0.2) is 13.2 Å². The monoisotopic (exact) mass is 355 g/mol. The summed E-state index contributed by atoms with van der Waals surface area (Å²) in [5.74, 6) is -0.501. The normalized spacial score (nSPS) is 11.5. The van der Waals surface area contributed by atoms with Gasteiger partial charge in [0.15, 0.2) is 0 Å². The van der Waals surface area contributed by atoms with E-state index in [0.717, 1.165) is 17.4 Å². The molecule has 6 nitrogen and oxygen atoms in total. The van der Waals surface area contributed by atoms with E-state index in [2.05, 4.69) is 4.72 Å². The van der Waals surface area contributed by atoms with E-state index in [9.17, 15) is 13.2 Å². The molecule has 2 N–H and O–H groups in total. The second kappa shape index (κ2) is 6.59. The largest absolute Gasteiger partial charge is 0.491 e. The Balaban J connectivity index is 2.24. The van der Waals surface area contributed by atoms with Crippen molar-refractivity contribution in [2.45, 2.75) is 31.1 Å². The lowest BCUT2D eigenvalue weighted by Crippen LogP contribution is -2.13. The minimum absolute atomic E-state index is 0.0255. The summed E-state index contributed by atoms with van der Waals surface area (Å²) in [4.78, 5) is 10.9. The maximum Gasteiger partial charge on any atom is 0.336 e. The average Bonchev–Trinajstić information content (AvgIpc) is 2.92. The van der Waals surface area contributed by atoms with Crippen LogP contribution in [0.15, 0.2) is 33.9 Å². The van der Waals surface area contributed by atoms with E-state index in [-0.39, 0.29) is 15.9 Å². The third kappa shape index (κ3) is 4.23. The third-order valence-corrected chi connectivity index (χ3v) is 5.71. The number of carbonyl (C=O) groups is 1. The zero-order valence-electron chi connectivity index (χ0n) is 12.9. The Morgan fingerprint density at radius 1 is 1.30 bits per heavy atom. The fourth-order valence-corrected chi connectivity index (χ4v) is 4.15. The predicted octanol–water partition coefficient (Wildman–Crippen LogP) is 3.34. The van der Waals surface area contributed by atoms with E-state index < -0.39 is 16.0 Å². The number of aryl methyl sites for hydroxylation is 1. The summed E-state index contributed by atoms with van der Waals surface area (Å²) in [5, 5.41) is 10.2. The first-order chi connectivity index (χ1) is 10.7. The second-order valence-electron chi connectivity index (χ2n) is 5.21. The lowest BCUT2D eigenvalue weighted by Gasteiger charge is -2.13. The standard InChI is InChI=1S/C15H17NO5S2/c1-9(2)21-12-4-5-13(10(3)6-12)16-23(19,20)14-7-11(8-22-14)15(17)18/h4-9,16H,1-3H3,(H,17,18). The number of ether oxygens (including phenoxy) is 1. The van der Waals surface area contributed by atoms with E-state index in [1.54, 1.807) is 25.1 Å². The molecule has 2 rings (SSSR count). The highest BCUT2D eigenvalue weighted by Crippen LogP contribution is 2.27. The van der Waals surface area contributed by atoms with Crippen LogP contribution in [0.3, 0.4) is 0 Å². The molecular formula is C15H17NO5S2. The van der Waals surface area contributed by atoms with Crippen molar-refractivity contribution in [3.05, 3.63) is 40.8 Å². The molecule has 0 aliphatic carbocycles. The van der Waals surface area contributed by atoms with Crippen molar-refractivity contribution in [3.8, 4) is 5.75 Å². The van der Waals surface area contributed by atoms with Crippen molar-refractivity contribution in [2.24, 2.45) is 0 Å². The van der Waals surface area contributed by atoms with Crippen molar-refractivity contribution in [1.29, 1.82) is 0 Å². The second-order valence-corrected chi connectivity index (χ2v) is 8.03. The first kappa shape index (κ1) is 17.3. The number of thiophene rings is 1. The van der Waals surface area contributed by atoms with Gasteiger partial charge in [-0.2, -0.15) is 0 Å². The van der Waals surface area contributed by atoms with Crippen LogP contribution < -0.4 is 9.46 Å². The summed E-state index contributed by atoms with van der Waals surface area (Å²) in [6.07, 6.45) is 0.0255. The van der Waals surface area contributed by atoms with Gasteiger partial charge in [0, 0.05) is 5.38 Å². The van der Waals surface area contributed by atoms with Gasteiger partial charge in [0.1, 0.15) is 9.96 Å². The summed E-state index contributed by atoms with van der Waals surface area (Å²) < 4.78 is 32.6. The quantitative estimate of drug-likeness (QED) is 0.829. The molecule has 0 aliphatic rings. The highest BCUT2D eigenvalue weighted by atomic mass is 32.2. The van der Waals surface area contributed by atoms with E-state index in [4.69, 9.17) is 9.84 Å². The van der Waals surface area contributed by atoms with Crippen LogP contribution in [0, 0.1) is 6.92 Å². The van der Waals surface area contributed by atoms with Gasteiger partial charge < -0.3 is 9.84 Å². The van der Waals surface area contributed by atoms with E-state index in [1.165, 1.54) is 5.38 Å². The van der Waals surface area contributed by atoms with Crippen molar-refractivity contribution in [2.75, 3.05) is 4.72 Å². The Morgan fingerprint density at radius 2 is 2.00 bits per heavy atom. The number of hydrogen-bond acceptors (Lipinski definition) is 5. The van der Waals surface area contributed by atoms with Gasteiger partial charge in [-0.1, -0.05) is 0 Å². The molecule has 0 saturated heterocycles. The van der Waals surface area contributed by atoms with Crippen molar-refractivity contribution in [1.82, 2.24) is 0 Å². The minimum Gasteiger partial charge on any atom is -0.491 e. The van der Waals surface area contributed by atoms with Crippen LogP contribution >= 0.6 is 11.3 Å². The first-order valence-corrected chi connectivity index (χ1v) is 9.17. The average molecular weight is 355 g/mol. The molecule has 0 radical (unpaired) electrons. The zero-order chi connectivity index (χ0) is 17.2. The fraction of sp³-hybridized carbons (Fsp3) is 0.267. The lowest BCUT2D eigenvalue weighted by molar-refractivity contribution is 0.0697. The SMILES string of the molecule is Cc1cc(OC(C)C)ccc1NS(=O)(=O)c1cc(C(=O)O)cs1. The number of nitrogens with one attached hydrogen (secondary N) is 1. The molecule has 0 unspecified atom stereocenters. The molecular weight excluding hydrogens is 338 g/mol. The molecule has 0 bridgehead atoms. The number of aromatic carboxylic acids is 1.